The second kappa shape index (κ2) is 7.55. The van der Waals surface area contributed by atoms with Crippen molar-refractivity contribution >= 4 is 23.3 Å². The molecule has 0 saturated carbocycles. The van der Waals surface area contributed by atoms with Crippen molar-refractivity contribution < 1.29 is 14.4 Å². The van der Waals surface area contributed by atoms with E-state index in [-0.39, 0.29) is 24.1 Å². The second-order valence-electron chi connectivity index (χ2n) is 5.74. The van der Waals surface area contributed by atoms with E-state index in [0.717, 1.165) is 11.1 Å². The molecule has 2 aromatic carbocycles. The van der Waals surface area contributed by atoms with Gasteiger partial charge in [0.15, 0.2) is 5.78 Å². The van der Waals surface area contributed by atoms with Crippen molar-refractivity contribution in [3.05, 3.63) is 64.7 Å². The summed E-state index contributed by atoms with van der Waals surface area (Å²) in [5, 5.41) is 5.27. The van der Waals surface area contributed by atoms with Crippen LogP contribution in [-0.4, -0.2) is 24.1 Å². The summed E-state index contributed by atoms with van der Waals surface area (Å²) in [5.41, 5.74) is 3.68. The lowest BCUT2D eigenvalue weighted by Gasteiger charge is -2.08. The van der Waals surface area contributed by atoms with Gasteiger partial charge in [0, 0.05) is 16.8 Å². The molecule has 2 amide bonds. The van der Waals surface area contributed by atoms with Gasteiger partial charge < -0.3 is 10.6 Å². The van der Waals surface area contributed by atoms with Crippen LogP contribution in [0, 0.1) is 13.8 Å². The van der Waals surface area contributed by atoms with Crippen molar-refractivity contribution in [3.63, 3.8) is 0 Å². The van der Waals surface area contributed by atoms with Crippen molar-refractivity contribution in [2.75, 3.05) is 11.9 Å². The highest BCUT2D eigenvalue weighted by molar-refractivity contribution is 6.00. The molecule has 5 heteroatoms. The summed E-state index contributed by atoms with van der Waals surface area (Å²) < 4.78 is 0. The lowest BCUT2D eigenvalue weighted by molar-refractivity contribution is -0.115. The van der Waals surface area contributed by atoms with Gasteiger partial charge in [0.25, 0.3) is 5.91 Å². The molecule has 0 aliphatic carbocycles. The summed E-state index contributed by atoms with van der Waals surface area (Å²) in [6.45, 7) is 5.19. The molecule has 5 nitrogen and oxygen atoms in total. The first-order chi connectivity index (χ1) is 11.3. The van der Waals surface area contributed by atoms with Crippen molar-refractivity contribution in [3.8, 4) is 0 Å². The predicted molar refractivity (Wildman–Crippen MR) is 93.3 cm³/mol. The van der Waals surface area contributed by atoms with Crippen molar-refractivity contribution in [2.24, 2.45) is 0 Å². The van der Waals surface area contributed by atoms with E-state index in [1.807, 2.05) is 19.9 Å². The smallest absolute Gasteiger partial charge is 0.251 e. The maximum Gasteiger partial charge on any atom is 0.251 e. The first kappa shape index (κ1) is 17.4. The van der Waals surface area contributed by atoms with Crippen LogP contribution < -0.4 is 10.6 Å². The van der Waals surface area contributed by atoms with E-state index in [4.69, 9.17) is 0 Å². The number of hydrogen-bond acceptors (Lipinski definition) is 3. The fraction of sp³-hybridized carbons (Fsp3) is 0.211. The molecule has 2 N–H and O–H groups in total. The number of carbonyl (C=O) groups excluding carboxylic acids is 3. The second-order valence-corrected chi connectivity index (χ2v) is 5.74. The minimum atomic E-state index is -0.330. The largest absolute Gasteiger partial charge is 0.343 e. The summed E-state index contributed by atoms with van der Waals surface area (Å²) in [6, 6.07) is 12.1. The van der Waals surface area contributed by atoms with Crippen LogP contribution >= 0.6 is 0 Å². The average Bonchev–Trinajstić information content (AvgIpc) is 2.52. The molecule has 0 aromatic heterocycles. The van der Waals surface area contributed by atoms with Gasteiger partial charge in [-0.1, -0.05) is 17.2 Å². The maximum atomic E-state index is 12.1. The molecule has 0 spiro atoms. The van der Waals surface area contributed by atoms with Crippen LogP contribution in [0.3, 0.4) is 0 Å². The van der Waals surface area contributed by atoms with Crippen LogP contribution in [0.4, 0.5) is 5.69 Å². The van der Waals surface area contributed by atoms with Crippen molar-refractivity contribution in [2.45, 2.75) is 20.8 Å². The van der Waals surface area contributed by atoms with Crippen LogP contribution in [0.15, 0.2) is 42.5 Å². The Labute approximate surface area is 141 Å². The number of aryl methyl sites for hydroxylation is 2. The fourth-order valence-corrected chi connectivity index (χ4v) is 2.36. The molecule has 0 aliphatic heterocycles. The lowest BCUT2D eigenvalue weighted by atomic mass is 10.1. The molecule has 0 fully saturated rings. The Balaban J connectivity index is 1.90. The molecule has 0 heterocycles. The van der Waals surface area contributed by atoms with Gasteiger partial charge in [0.05, 0.1) is 6.54 Å². The molecule has 0 unspecified atom stereocenters. The van der Waals surface area contributed by atoms with Gasteiger partial charge in [0.1, 0.15) is 0 Å². The Bertz CT molecular complexity index is 759. The molecule has 124 valence electrons. The fourth-order valence-electron chi connectivity index (χ4n) is 2.36. The number of hydrogen-bond donors (Lipinski definition) is 2. The molecule has 0 aliphatic rings. The molecular weight excluding hydrogens is 304 g/mol. The predicted octanol–water partition coefficient (Wildman–Crippen LogP) is 2.87. The molecular formula is C19H20N2O3. The zero-order valence-electron chi connectivity index (χ0n) is 14.0. The van der Waals surface area contributed by atoms with Crippen molar-refractivity contribution in [1.29, 1.82) is 0 Å². The molecule has 0 bridgehead atoms. The Morgan fingerprint density at radius 3 is 2.00 bits per heavy atom. The first-order valence-corrected chi connectivity index (χ1v) is 7.62. The number of benzene rings is 2. The van der Waals surface area contributed by atoms with E-state index in [1.165, 1.54) is 6.92 Å². The van der Waals surface area contributed by atoms with E-state index < -0.39 is 0 Å². The minimum absolute atomic E-state index is 0.0337. The summed E-state index contributed by atoms with van der Waals surface area (Å²) in [6.07, 6.45) is 0. The zero-order chi connectivity index (χ0) is 17.7. The highest BCUT2D eigenvalue weighted by Crippen LogP contribution is 2.10. The maximum absolute atomic E-state index is 12.1. The van der Waals surface area contributed by atoms with Crippen LogP contribution in [-0.2, 0) is 4.79 Å². The third-order valence-corrected chi connectivity index (χ3v) is 3.47. The number of anilines is 1. The average molecular weight is 324 g/mol. The molecule has 0 saturated heterocycles. The number of carbonyl (C=O) groups is 3. The van der Waals surface area contributed by atoms with Gasteiger partial charge in [-0.15, -0.1) is 0 Å². The minimum Gasteiger partial charge on any atom is -0.343 e. The van der Waals surface area contributed by atoms with Crippen LogP contribution in [0.1, 0.15) is 38.8 Å². The van der Waals surface area contributed by atoms with Gasteiger partial charge in [-0.05, 0) is 57.2 Å². The van der Waals surface area contributed by atoms with E-state index in [2.05, 4.69) is 10.6 Å². The van der Waals surface area contributed by atoms with Crippen LogP contribution in [0.5, 0.6) is 0 Å². The molecule has 2 aromatic rings. The van der Waals surface area contributed by atoms with Gasteiger partial charge in [-0.25, -0.2) is 0 Å². The summed E-state index contributed by atoms with van der Waals surface area (Å²) in [5.74, 6) is -0.652. The molecule has 24 heavy (non-hydrogen) atoms. The van der Waals surface area contributed by atoms with E-state index in [1.54, 1.807) is 36.4 Å². The van der Waals surface area contributed by atoms with Crippen LogP contribution in [0.25, 0.3) is 0 Å². The number of ketones is 1. The highest BCUT2D eigenvalue weighted by atomic mass is 16.2. The van der Waals surface area contributed by atoms with Gasteiger partial charge in [0.2, 0.25) is 5.91 Å². The third kappa shape index (κ3) is 4.78. The zero-order valence-corrected chi connectivity index (χ0v) is 14.0. The highest BCUT2D eigenvalue weighted by Gasteiger charge is 2.09. The quantitative estimate of drug-likeness (QED) is 0.830. The summed E-state index contributed by atoms with van der Waals surface area (Å²) in [7, 11) is 0. The van der Waals surface area contributed by atoms with E-state index in [0.29, 0.717) is 16.8 Å². The molecule has 2 rings (SSSR count). The number of nitrogens with one attached hydrogen (secondary N) is 2. The van der Waals surface area contributed by atoms with Crippen molar-refractivity contribution in [1.82, 2.24) is 5.32 Å². The number of rotatable bonds is 5. The SMILES string of the molecule is CC(=O)c1ccc(NC(=O)CNC(=O)c2cc(C)cc(C)c2)cc1. The lowest BCUT2D eigenvalue weighted by Crippen LogP contribution is -2.32. The molecule has 0 radical (unpaired) electrons. The Morgan fingerprint density at radius 2 is 1.46 bits per heavy atom. The normalized spacial score (nSPS) is 10.1. The Kier molecular flexibility index (Phi) is 5.47. The monoisotopic (exact) mass is 324 g/mol. The topological polar surface area (TPSA) is 75.3 Å². The van der Waals surface area contributed by atoms with Gasteiger partial charge in [-0.2, -0.15) is 0 Å². The van der Waals surface area contributed by atoms with Gasteiger partial charge >= 0.3 is 0 Å². The molecule has 0 atom stereocenters. The Hall–Kier alpha value is -2.95. The first-order valence-electron chi connectivity index (χ1n) is 7.62. The number of amides is 2. The standard InChI is InChI=1S/C19H20N2O3/c1-12-8-13(2)10-16(9-12)19(24)20-11-18(23)21-17-6-4-15(5-7-17)14(3)22/h4-10H,11H2,1-3H3,(H,20,24)(H,21,23). The third-order valence-electron chi connectivity index (χ3n) is 3.47. The van der Waals surface area contributed by atoms with E-state index >= 15 is 0 Å². The summed E-state index contributed by atoms with van der Waals surface area (Å²) >= 11 is 0. The van der Waals surface area contributed by atoms with E-state index in [9.17, 15) is 14.4 Å². The Morgan fingerprint density at radius 1 is 0.875 bits per heavy atom. The van der Waals surface area contributed by atoms with Crippen LogP contribution in [0.2, 0.25) is 0 Å². The number of Topliss-reactive ketones (excluding diaryl/α,β-unsaturated/α-hetero) is 1. The summed E-state index contributed by atoms with van der Waals surface area (Å²) in [4.78, 5) is 35.2. The van der Waals surface area contributed by atoms with Gasteiger partial charge in [-0.3, -0.25) is 14.4 Å².